The molecule has 0 spiro atoms. The second-order valence-electron chi connectivity index (χ2n) is 6.11. The molecule has 1 fully saturated rings. The quantitative estimate of drug-likeness (QED) is 0.935. The van der Waals surface area contributed by atoms with E-state index in [0.29, 0.717) is 13.0 Å². The van der Waals surface area contributed by atoms with E-state index in [-0.39, 0.29) is 11.8 Å². The second-order valence-corrected chi connectivity index (χ2v) is 6.11. The predicted molar refractivity (Wildman–Crippen MR) is 93.1 cm³/mol. The van der Waals surface area contributed by atoms with Gasteiger partial charge in [-0.2, -0.15) is 0 Å². The summed E-state index contributed by atoms with van der Waals surface area (Å²) < 4.78 is 0. The van der Waals surface area contributed by atoms with Crippen molar-refractivity contribution >= 4 is 17.5 Å². The molecule has 6 heteroatoms. The smallest absolute Gasteiger partial charge is 0.222 e. The standard InChI is InChI=1S/C18H23N5O/c1-3-16(24)23-11-5-7-14(12-23)17-18(20-10-9-19-17)22-15-8-4-6-13(2)21-15/h4,6,8-10,14H,3,5,7,11-12H2,1-2H3,(H,20,21,22). The minimum absolute atomic E-state index is 0.204. The van der Waals surface area contributed by atoms with E-state index in [0.717, 1.165) is 42.4 Å². The van der Waals surface area contributed by atoms with Crippen molar-refractivity contribution in [2.45, 2.75) is 39.0 Å². The van der Waals surface area contributed by atoms with Gasteiger partial charge in [0.15, 0.2) is 5.82 Å². The Kier molecular flexibility index (Phi) is 5.03. The zero-order chi connectivity index (χ0) is 16.9. The van der Waals surface area contributed by atoms with Crippen LogP contribution >= 0.6 is 0 Å². The topological polar surface area (TPSA) is 71.0 Å². The van der Waals surface area contributed by atoms with Gasteiger partial charge < -0.3 is 10.2 Å². The number of pyridine rings is 1. The van der Waals surface area contributed by atoms with Gasteiger partial charge in [-0.3, -0.25) is 9.78 Å². The molecule has 1 aliphatic heterocycles. The molecule has 1 atom stereocenters. The monoisotopic (exact) mass is 325 g/mol. The average molecular weight is 325 g/mol. The van der Waals surface area contributed by atoms with Gasteiger partial charge in [0.25, 0.3) is 0 Å². The maximum atomic E-state index is 12.0. The second kappa shape index (κ2) is 7.38. The first-order chi connectivity index (χ1) is 11.7. The third-order valence-electron chi connectivity index (χ3n) is 4.32. The van der Waals surface area contributed by atoms with Gasteiger partial charge >= 0.3 is 0 Å². The van der Waals surface area contributed by atoms with Gasteiger partial charge in [-0.1, -0.05) is 13.0 Å². The van der Waals surface area contributed by atoms with E-state index in [1.54, 1.807) is 12.4 Å². The molecule has 0 aliphatic carbocycles. The van der Waals surface area contributed by atoms with Crippen LogP contribution in [0.2, 0.25) is 0 Å². The first-order valence-electron chi connectivity index (χ1n) is 8.46. The fraction of sp³-hybridized carbons (Fsp3) is 0.444. The molecule has 3 rings (SSSR count). The van der Waals surface area contributed by atoms with Crippen molar-refractivity contribution in [1.29, 1.82) is 0 Å². The number of carbonyl (C=O) groups excluding carboxylic acids is 1. The molecule has 1 N–H and O–H groups in total. The van der Waals surface area contributed by atoms with Crippen molar-refractivity contribution < 1.29 is 4.79 Å². The van der Waals surface area contributed by atoms with Crippen LogP contribution in [0.5, 0.6) is 0 Å². The number of likely N-dealkylation sites (tertiary alicyclic amines) is 1. The summed E-state index contributed by atoms with van der Waals surface area (Å²) in [5.41, 5.74) is 1.86. The Morgan fingerprint density at radius 2 is 2.17 bits per heavy atom. The molecule has 0 saturated carbocycles. The lowest BCUT2D eigenvalue weighted by atomic mass is 9.94. The first kappa shape index (κ1) is 16.4. The normalized spacial score (nSPS) is 17.6. The lowest BCUT2D eigenvalue weighted by molar-refractivity contribution is -0.132. The highest BCUT2D eigenvalue weighted by molar-refractivity contribution is 5.76. The Morgan fingerprint density at radius 3 is 2.96 bits per heavy atom. The summed E-state index contributed by atoms with van der Waals surface area (Å²) in [4.78, 5) is 27.4. The van der Waals surface area contributed by atoms with Crippen LogP contribution in [0, 0.1) is 6.92 Å². The summed E-state index contributed by atoms with van der Waals surface area (Å²) in [6.07, 6.45) is 5.95. The molecule has 0 radical (unpaired) electrons. The fourth-order valence-electron chi connectivity index (χ4n) is 3.13. The molecule has 1 saturated heterocycles. The van der Waals surface area contributed by atoms with Crippen molar-refractivity contribution in [3.8, 4) is 0 Å². The summed E-state index contributed by atoms with van der Waals surface area (Å²) in [5.74, 6) is 1.90. The van der Waals surface area contributed by atoms with E-state index < -0.39 is 0 Å². The first-order valence-corrected chi connectivity index (χ1v) is 8.46. The molecule has 6 nitrogen and oxygen atoms in total. The number of nitrogens with one attached hydrogen (secondary N) is 1. The van der Waals surface area contributed by atoms with Gasteiger partial charge in [-0.05, 0) is 31.9 Å². The Labute approximate surface area is 142 Å². The van der Waals surface area contributed by atoms with Crippen molar-refractivity contribution in [3.05, 3.63) is 42.0 Å². The number of rotatable bonds is 4. The number of amides is 1. The van der Waals surface area contributed by atoms with Crippen molar-refractivity contribution in [1.82, 2.24) is 19.9 Å². The molecule has 126 valence electrons. The number of carbonyl (C=O) groups is 1. The number of hydrogen-bond donors (Lipinski definition) is 1. The van der Waals surface area contributed by atoms with Crippen LogP contribution in [-0.2, 0) is 4.79 Å². The molecule has 2 aromatic rings. The Morgan fingerprint density at radius 1 is 1.33 bits per heavy atom. The van der Waals surface area contributed by atoms with Gasteiger partial charge in [0, 0.05) is 43.5 Å². The Balaban J connectivity index is 1.82. The largest absolute Gasteiger partial charge is 0.342 e. The van der Waals surface area contributed by atoms with Gasteiger partial charge in [-0.25, -0.2) is 9.97 Å². The van der Waals surface area contributed by atoms with Crippen LogP contribution in [0.4, 0.5) is 11.6 Å². The Hall–Kier alpha value is -2.50. The number of aryl methyl sites for hydroxylation is 1. The van der Waals surface area contributed by atoms with E-state index in [2.05, 4.69) is 20.3 Å². The van der Waals surface area contributed by atoms with E-state index in [1.165, 1.54) is 0 Å². The molecule has 24 heavy (non-hydrogen) atoms. The maximum absolute atomic E-state index is 12.0. The van der Waals surface area contributed by atoms with Crippen LogP contribution in [0.3, 0.4) is 0 Å². The molecule has 0 bridgehead atoms. The highest BCUT2D eigenvalue weighted by Crippen LogP contribution is 2.30. The Bertz CT molecular complexity index is 718. The minimum atomic E-state index is 0.204. The number of nitrogens with zero attached hydrogens (tertiary/aromatic N) is 4. The number of hydrogen-bond acceptors (Lipinski definition) is 5. The molecular formula is C18H23N5O. The van der Waals surface area contributed by atoms with Crippen molar-refractivity contribution in [3.63, 3.8) is 0 Å². The molecule has 1 aliphatic rings. The average Bonchev–Trinajstić information content (AvgIpc) is 2.61. The molecule has 1 unspecified atom stereocenters. The predicted octanol–water partition coefficient (Wildman–Crippen LogP) is 3.04. The number of aromatic nitrogens is 3. The van der Waals surface area contributed by atoms with Crippen LogP contribution in [0.1, 0.15) is 43.5 Å². The molecule has 2 aromatic heterocycles. The van der Waals surface area contributed by atoms with Gasteiger partial charge in [0.1, 0.15) is 5.82 Å². The maximum Gasteiger partial charge on any atom is 0.222 e. The summed E-state index contributed by atoms with van der Waals surface area (Å²) in [7, 11) is 0. The summed E-state index contributed by atoms with van der Waals surface area (Å²) in [5, 5.41) is 3.28. The highest BCUT2D eigenvalue weighted by atomic mass is 16.2. The number of piperidine rings is 1. The summed E-state index contributed by atoms with van der Waals surface area (Å²) >= 11 is 0. The third-order valence-corrected chi connectivity index (χ3v) is 4.32. The van der Waals surface area contributed by atoms with E-state index in [4.69, 9.17) is 0 Å². The van der Waals surface area contributed by atoms with Crippen LogP contribution in [-0.4, -0.2) is 38.8 Å². The molecular weight excluding hydrogens is 302 g/mol. The van der Waals surface area contributed by atoms with Crippen molar-refractivity contribution in [2.24, 2.45) is 0 Å². The highest BCUT2D eigenvalue weighted by Gasteiger charge is 2.27. The van der Waals surface area contributed by atoms with Gasteiger partial charge in [-0.15, -0.1) is 0 Å². The van der Waals surface area contributed by atoms with Gasteiger partial charge in [0.05, 0.1) is 5.69 Å². The number of anilines is 2. The van der Waals surface area contributed by atoms with Gasteiger partial charge in [0.2, 0.25) is 5.91 Å². The minimum Gasteiger partial charge on any atom is -0.342 e. The lowest BCUT2D eigenvalue weighted by Gasteiger charge is -2.32. The summed E-state index contributed by atoms with van der Waals surface area (Å²) in [6, 6.07) is 5.83. The third kappa shape index (κ3) is 3.69. The van der Waals surface area contributed by atoms with Crippen molar-refractivity contribution in [2.75, 3.05) is 18.4 Å². The SMILES string of the molecule is CCC(=O)N1CCCC(c2nccnc2Nc2cccc(C)n2)C1. The molecule has 0 aromatic carbocycles. The van der Waals surface area contributed by atoms with Crippen LogP contribution in [0.15, 0.2) is 30.6 Å². The fourth-order valence-corrected chi connectivity index (χ4v) is 3.13. The van der Waals surface area contributed by atoms with Crippen LogP contribution in [0.25, 0.3) is 0 Å². The van der Waals surface area contributed by atoms with E-state index in [1.807, 2.05) is 36.9 Å². The zero-order valence-corrected chi connectivity index (χ0v) is 14.2. The molecule has 1 amide bonds. The zero-order valence-electron chi connectivity index (χ0n) is 14.2. The van der Waals surface area contributed by atoms with Crippen LogP contribution < -0.4 is 5.32 Å². The lowest BCUT2D eigenvalue weighted by Crippen LogP contribution is -2.39. The molecule has 3 heterocycles. The summed E-state index contributed by atoms with van der Waals surface area (Å²) in [6.45, 7) is 5.41. The van der Waals surface area contributed by atoms with E-state index in [9.17, 15) is 4.79 Å². The van der Waals surface area contributed by atoms with E-state index >= 15 is 0 Å².